The first-order chi connectivity index (χ1) is 10.6. The second kappa shape index (κ2) is 7.45. The Hall–Kier alpha value is -1.81. The van der Waals surface area contributed by atoms with Crippen LogP contribution < -0.4 is 5.32 Å². The summed E-state index contributed by atoms with van der Waals surface area (Å²) in [5.74, 6) is 0.0492. The molecule has 0 aliphatic rings. The average molecular weight is 302 g/mol. The number of nitrogens with one attached hydrogen (secondary N) is 1. The number of amides is 1. The lowest BCUT2D eigenvalue weighted by Crippen LogP contribution is -2.35. The lowest BCUT2D eigenvalue weighted by atomic mass is 10.0. The first-order valence-corrected chi connectivity index (χ1v) is 8.02. The van der Waals surface area contributed by atoms with Crippen molar-refractivity contribution >= 4 is 16.9 Å². The fourth-order valence-corrected chi connectivity index (χ4v) is 2.65. The Morgan fingerprint density at radius 2 is 1.95 bits per heavy atom. The zero-order valence-corrected chi connectivity index (χ0v) is 14.0. The van der Waals surface area contributed by atoms with E-state index in [9.17, 15) is 4.79 Å². The molecule has 2 aromatic rings. The molecule has 0 saturated carbocycles. The number of rotatable bonds is 7. The Morgan fingerprint density at radius 1 is 1.23 bits per heavy atom. The summed E-state index contributed by atoms with van der Waals surface area (Å²) >= 11 is 0. The first kappa shape index (κ1) is 16.6. The highest BCUT2D eigenvalue weighted by Gasteiger charge is 2.12. The summed E-state index contributed by atoms with van der Waals surface area (Å²) < 4.78 is 5.65. The van der Waals surface area contributed by atoms with E-state index in [1.807, 2.05) is 6.07 Å². The van der Waals surface area contributed by atoms with E-state index in [0.29, 0.717) is 13.0 Å². The van der Waals surface area contributed by atoms with Crippen molar-refractivity contribution in [2.24, 2.45) is 0 Å². The third kappa shape index (κ3) is 3.69. The third-order valence-electron chi connectivity index (χ3n) is 4.34. The maximum atomic E-state index is 12.1. The SMILES string of the molecule is CCN(CC)CCNC(=O)Cc1coc2c(C)c(C)ccc12. The molecule has 0 bridgehead atoms. The van der Waals surface area contributed by atoms with Gasteiger partial charge >= 0.3 is 0 Å². The number of carbonyl (C=O) groups is 1. The summed E-state index contributed by atoms with van der Waals surface area (Å²) in [5, 5.41) is 4.03. The van der Waals surface area contributed by atoms with E-state index in [2.05, 4.69) is 44.0 Å². The molecule has 1 aromatic heterocycles. The molecule has 0 saturated heterocycles. The molecule has 0 radical (unpaired) electrons. The summed E-state index contributed by atoms with van der Waals surface area (Å²) in [7, 11) is 0. The highest BCUT2D eigenvalue weighted by Crippen LogP contribution is 2.26. The lowest BCUT2D eigenvalue weighted by molar-refractivity contribution is -0.120. The molecular weight excluding hydrogens is 276 g/mol. The minimum atomic E-state index is 0.0492. The van der Waals surface area contributed by atoms with Gasteiger partial charge in [-0.05, 0) is 38.1 Å². The molecule has 4 heteroatoms. The standard InChI is InChI=1S/C18H26N2O2/c1-5-20(6-2)10-9-19-17(21)11-15-12-22-18-14(4)13(3)7-8-16(15)18/h7-8,12H,5-6,9-11H2,1-4H3,(H,19,21). The Bertz CT molecular complexity index is 642. The number of fused-ring (bicyclic) bond motifs is 1. The van der Waals surface area contributed by atoms with Crippen LogP contribution in [0.5, 0.6) is 0 Å². The van der Waals surface area contributed by atoms with Gasteiger partial charge in [0, 0.05) is 24.0 Å². The predicted octanol–water partition coefficient (Wildman–Crippen LogP) is 3.05. The van der Waals surface area contributed by atoms with Crippen molar-refractivity contribution in [3.8, 4) is 0 Å². The number of hydrogen-bond donors (Lipinski definition) is 1. The Labute approximate surface area is 132 Å². The second-order valence-electron chi connectivity index (χ2n) is 5.70. The molecule has 1 N–H and O–H groups in total. The van der Waals surface area contributed by atoms with Crippen molar-refractivity contribution in [1.82, 2.24) is 10.2 Å². The fourth-order valence-electron chi connectivity index (χ4n) is 2.65. The van der Waals surface area contributed by atoms with Gasteiger partial charge in [0.05, 0.1) is 12.7 Å². The molecule has 0 aliphatic carbocycles. The highest BCUT2D eigenvalue weighted by atomic mass is 16.3. The molecule has 0 aliphatic heterocycles. The minimum absolute atomic E-state index is 0.0492. The molecule has 120 valence electrons. The molecular formula is C18H26N2O2. The smallest absolute Gasteiger partial charge is 0.224 e. The number of likely N-dealkylation sites (N-methyl/N-ethyl adjacent to an activating group) is 1. The fraction of sp³-hybridized carbons (Fsp3) is 0.500. The van der Waals surface area contributed by atoms with Crippen LogP contribution in [0.15, 0.2) is 22.8 Å². The van der Waals surface area contributed by atoms with Crippen LogP contribution in [0, 0.1) is 13.8 Å². The van der Waals surface area contributed by atoms with Crippen LogP contribution in [0.2, 0.25) is 0 Å². The van der Waals surface area contributed by atoms with E-state index in [-0.39, 0.29) is 5.91 Å². The van der Waals surface area contributed by atoms with Crippen molar-refractivity contribution < 1.29 is 9.21 Å². The molecule has 1 amide bonds. The maximum absolute atomic E-state index is 12.1. The van der Waals surface area contributed by atoms with E-state index in [1.165, 1.54) is 5.56 Å². The van der Waals surface area contributed by atoms with E-state index in [4.69, 9.17) is 4.42 Å². The number of furan rings is 1. The predicted molar refractivity (Wildman–Crippen MR) is 90.2 cm³/mol. The Kier molecular flexibility index (Phi) is 5.61. The normalized spacial score (nSPS) is 11.3. The molecule has 1 heterocycles. The molecule has 0 spiro atoms. The van der Waals surface area contributed by atoms with Crippen molar-refractivity contribution in [3.63, 3.8) is 0 Å². The molecule has 22 heavy (non-hydrogen) atoms. The van der Waals surface area contributed by atoms with Gasteiger partial charge in [-0.3, -0.25) is 4.79 Å². The van der Waals surface area contributed by atoms with Crippen LogP contribution in [-0.4, -0.2) is 37.0 Å². The molecule has 2 rings (SSSR count). The first-order valence-electron chi connectivity index (χ1n) is 8.02. The van der Waals surface area contributed by atoms with E-state index < -0.39 is 0 Å². The van der Waals surface area contributed by atoms with Crippen molar-refractivity contribution in [2.45, 2.75) is 34.1 Å². The maximum Gasteiger partial charge on any atom is 0.224 e. The minimum Gasteiger partial charge on any atom is -0.464 e. The summed E-state index contributed by atoms with van der Waals surface area (Å²) in [6, 6.07) is 4.12. The lowest BCUT2D eigenvalue weighted by Gasteiger charge is -2.17. The van der Waals surface area contributed by atoms with Crippen LogP contribution in [0.1, 0.15) is 30.5 Å². The summed E-state index contributed by atoms with van der Waals surface area (Å²) in [5.41, 5.74) is 4.20. The summed E-state index contributed by atoms with van der Waals surface area (Å²) in [6.45, 7) is 12.0. The van der Waals surface area contributed by atoms with E-state index in [1.54, 1.807) is 6.26 Å². The number of nitrogens with zero attached hydrogens (tertiary/aromatic N) is 1. The zero-order valence-electron chi connectivity index (χ0n) is 14.0. The highest BCUT2D eigenvalue weighted by molar-refractivity contribution is 5.89. The van der Waals surface area contributed by atoms with Gasteiger partial charge in [-0.2, -0.15) is 0 Å². The van der Waals surface area contributed by atoms with Gasteiger partial charge in [-0.1, -0.05) is 26.0 Å². The van der Waals surface area contributed by atoms with Crippen LogP contribution >= 0.6 is 0 Å². The topological polar surface area (TPSA) is 45.5 Å². The third-order valence-corrected chi connectivity index (χ3v) is 4.34. The summed E-state index contributed by atoms with van der Waals surface area (Å²) in [4.78, 5) is 14.4. The monoisotopic (exact) mass is 302 g/mol. The average Bonchev–Trinajstić information content (AvgIpc) is 2.91. The zero-order chi connectivity index (χ0) is 16.1. The summed E-state index contributed by atoms with van der Waals surface area (Å²) in [6.07, 6.45) is 2.08. The van der Waals surface area contributed by atoms with Gasteiger partial charge in [-0.15, -0.1) is 0 Å². The van der Waals surface area contributed by atoms with Crippen LogP contribution in [0.4, 0.5) is 0 Å². The van der Waals surface area contributed by atoms with Gasteiger partial charge in [0.25, 0.3) is 0 Å². The van der Waals surface area contributed by atoms with Gasteiger partial charge in [0.1, 0.15) is 5.58 Å². The van der Waals surface area contributed by atoms with Gasteiger partial charge in [0.2, 0.25) is 5.91 Å². The van der Waals surface area contributed by atoms with Crippen LogP contribution in [0.25, 0.3) is 11.0 Å². The molecule has 1 aromatic carbocycles. The quantitative estimate of drug-likeness (QED) is 0.855. The van der Waals surface area contributed by atoms with Gasteiger partial charge < -0.3 is 14.6 Å². The van der Waals surface area contributed by atoms with Gasteiger partial charge in [0.15, 0.2) is 0 Å². The van der Waals surface area contributed by atoms with Crippen LogP contribution in [-0.2, 0) is 11.2 Å². The molecule has 4 nitrogen and oxygen atoms in total. The second-order valence-corrected chi connectivity index (χ2v) is 5.70. The van der Waals surface area contributed by atoms with Crippen LogP contribution in [0.3, 0.4) is 0 Å². The number of aryl methyl sites for hydroxylation is 2. The van der Waals surface area contributed by atoms with Crippen molar-refractivity contribution in [2.75, 3.05) is 26.2 Å². The molecule has 0 atom stereocenters. The van der Waals surface area contributed by atoms with Gasteiger partial charge in [-0.25, -0.2) is 0 Å². The molecule has 0 fully saturated rings. The van der Waals surface area contributed by atoms with Crippen molar-refractivity contribution in [1.29, 1.82) is 0 Å². The van der Waals surface area contributed by atoms with Crippen molar-refractivity contribution in [3.05, 3.63) is 35.1 Å². The molecule has 0 unspecified atom stereocenters. The number of benzene rings is 1. The van der Waals surface area contributed by atoms with E-state index in [0.717, 1.165) is 41.7 Å². The largest absolute Gasteiger partial charge is 0.464 e. The van der Waals surface area contributed by atoms with E-state index >= 15 is 0 Å². The Balaban J connectivity index is 1.96. The number of carbonyl (C=O) groups excluding carboxylic acids is 1. The number of hydrogen-bond acceptors (Lipinski definition) is 3. The Morgan fingerprint density at radius 3 is 2.64 bits per heavy atom.